The Morgan fingerprint density at radius 3 is 2.67 bits per heavy atom. The summed E-state index contributed by atoms with van der Waals surface area (Å²) in [7, 11) is 2.02. The van der Waals surface area contributed by atoms with Crippen molar-refractivity contribution in [3.8, 4) is 0 Å². The maximum atomic E-state index is 13.2. The summed E-state index contributed by atoms with van der Waals surface area (Å²) in [5.41, 5.74) is 4.20. The Morgan fingerprint density at radius 1 is 1.33 bits per heavy atom. The molecule has 1 aromatic rings. The molecule has 0 radical (unpaired) electrons. The molecule has 2 rings (SSSR count). The highest BCUT2D eigenvalue weighted by atomic mass is 32.2. The molecule has 1 atom stereocenters. The first-order valence-electron chi connectivity index (χ1n) is 7.86. The number of halogens is 1. The van der Waals surface area contributed by atoms with Crippen LogP contribution in [0, 0.1) is 5.82 Å². The maximum absolute atomic E-state index is 13.2. The molecule has 24 heavy (non-hydrogen) atoms. The van der Waals surface area contributed by atoms with E-state index in [2.05, 4.69) is 47.4 Å². The summed E-state index contributed by atoms with van der Waals surface area (Å²) in [5, 5.41) is 3.46. The second kappa shape index (κ2) is 8.73. The molecule has 1 N–H and O–H groups in total. The molecule has 0 spiro atoms. The lowest BCUT2D eigenvalue weighted by atomic mass is 10.1. The van der Waals surface area contributed by atoms with Crippen LogP contribution in [0.15, 0.2) is 58.5 Å². The summed E-state index contributed by atoms with van der Waals surface area (Å²) in [6.07, 6.45) is 11.0. The average Bonchev–Trinajstić information content (AvgIpc) is 2.79. The Balaban J connectivity index is 2.41. The summed E-state index contributed by atoms with van der Waals surface area (Å²) in [6.45, 7) is 4.13. The third-order valence-corrected chi connectivity index (χ3v) is 4.14. The lowest BCUT2D eigenvalue weighted by Gasteiger charge is -2.24. The van der Waals surface area contributed by atoms with Crippen molar-refractivity contribution in [2.75, 3.05) is 13.3 Å². The van der Waals surface area contributed by atoms with E-state index < -0.39 is 0 Å². The summed E-state index contributed by atoms with van der Waals surface area (Å²) < 4.78 is 13.2. The summed E-state index contributed by atoms with van der Waals surface area (Å²) in [4.78, 5) is 6.56. The molecule has 5 heteroatoms. The van der Waals surface area contributed by atoms with E-state index in [0.29, 0.717) is 0 Å². The second-order valence-corrected chi connectivity index (χ2v) is 6.73. The first-order valence-corrected chi connectivity index (χ1v) is 9.15. The number of allylic oxidation sites excluding steroid dienone is 2. The topological polar surface area (TPSA) is 27.6 Å². The molecule has 1 unspecified atom stereocenters. The van der Waals surface area contributed by atoms with Gasteiger partial charge in [-0.05, 0) is 43.9 Å². The van der Waals surface area contributed by atoms with Gasteiger partial charge < -0.3 is 10.2 Å². The maximum Gasteiger partial charge on any atom is 0.165 e. The quantitative estimate of drug-likeness (QED) is 0.844. The molecule has 3 nitrogen and oxygen atoms in total. The van der Waals surface area contributed by atoms with Crippen molar-refractivity contribution in [2.24, 2.45) is 4.99 Å². The number of hydrogen-bond acceptors (Lipinski definition) is 4. The smallest absolute Gasteiger partial charge is 0.165 e. The molecular formula is C19H24FN3S. The van der Waals surface area contributed by atoms with E-state index in [1.165, 1.54) is 17.7 Å². The van der Waals surface area contributed by atoms with Crippen LogP contribution >= 0.6 is 11.8 Å². The zero-order valence-corrected chi connectivity index (χ0v) is 15.4. The molecule has 0 aromatic heterocycles. The highest BCUT2D eigenvalue weighted by Crippen LogP contribution is 2.22. The van der Waals surface area contributed by atoms with Crippen LogP contribution in [0.2, 0.25) is 0 Å². The lowest BCUT2D eigenvalue weighted by molar-refractivity contribution is 0.560. The van der Waals surface area contributed by atoms with E-state index in [4.69, 9.17) is 0 Å². The predicted octanol–water partition coefficient (Wildman–Crippen LogP) is 4.62. The molecule has 0 saturated heterocycles. The first kappa shape index (κ1) is 18.3. The van der Waals surface area contributed by atoms with Gasteiger partial charge in [0.1, 0.15) is 5.82 Å². The third kappa shape index (κ3) is 5.27. The average molecular weight is 345 g/mol. The van der Waals surface area contributed by atoms with Crippen LogP contribution in [-0.2, 0) is 0 Å². The van der Waals surface area contributed by atoms with Gasteiger partial charge in [-0.2, -0.15) is 0 Å². The molecule has 0 saturated carbocycles. The minimum absolute atomic E-state index is 0.00419. The van der Waals surface area contributed by atoms with Gasteiger partial charge in [0.05, 0.1) is 11.4 Å². The Labute approximate surface area is 148 Å². The number of hydrogen-bond donors (Lipinski definition) is 1. The van der Waals surface area contributed by atoms with E-state index in [9.17, 15) is 4.39 Å². The van der Waals surface area contributed by atoms with Gasteiger partial charge in [-0.1, -0.05) is 23.8 Å². The molecule has 1 aliphatic heterocycles. The number of nitrogens with zero attached hydrogens (tertiary/aromatic N) is 2. The highest BCUT2D eigenvalue weighted by Gasteiger charge is 2.15. The van der Waals surface area contributed by atoms with Crippen LogP contribution in [0.4, 0.5) is 4.39 Å². The van der Waals surface area contributed by atoms with Crippen LogP contribution < -0.4 is 5.32 Å². The lowest BCUT2D eigenvalue weighted by Crippen LogP contribution is -2.27. The zero-order chi connectivity index (χ0) is 17.5. The van der Waals surface area contributed by atoms with Gasteiger partial charge >= 0.3 is 0 Å². The SMILES string of the molecule is CSC1N=CCC=C(/C(=C\c2ccc(F)cc2)N(C)C=C(C)C)N1. The molecule has 0 amide bonds. The Kier molecular flexibility index (Phi) is 6.67. The van der Waals surface area contributed by atoms with Gasteiger partial charge in [-0.15, -0.1) is 11.8 Å². The van der Waals surface area contributed by atoms with Crippen molar-refractivity contribution in [2.45, 2.75) is 25.8 Å². The van der Waals surface area contributed by atoms with Crippen LogP contribution in [0.3, 0.4) is 0 Å². The van der Waals surface area contributed by atoms with Crippen molar-refractivity contribution in [1.82, 2.24) is 10.2 Å². The standard InChI is InChI=1S/C19H24FN3S/c1-14(2)13-23(3)18(12-15-7-9-16(20)10-8-15)17-6-5-11-21-19(22-17)24-4/h6-13,19,22H,5H2,1-4H3/b18-12+. The molecule has 0 fully saturated rings. The molecule has 1 heterocycles. The van der Waals surface area contributed by atoms with Gasteiger partial charge in [0.25, 0.3) is 0 Å². The monoisotopic (exact) mass is 345 g/mol. The highest BCUT2D eigenvalue weighted by molar-refractivity contribution is 7.99. The summed E-state index contributed by atoms with van der Waals surface area (Å²) >= 11 is 1.65. The first-order chi connectivity index (χ1) is 11.5. The van der Waals surface area contributed by atoms with Crippen LogP contribution in [-0.4, -0.2) is 29.9 Å². The minimum Gasteiger partial charge on any atom is -0.354 e. The van der Waals surface area contributed by atoms with Gasteiger partial charge in [0.2, 0.25) is 0 Å². The summed E-state index contributed by atoms with van der Waals surface area (Å²) in [5.74, 6) is -0.228. The van der Waals surface area contributed by atoms with E-state index in [1.54, 1.807) is 23.9 Å². The van der Waals surface area contributed by atoms with Crippen LogP contribution in [0.1, 0.15) is 25.8 Å². The van der Waals surface area contributed by atoms with E-state index >= 15 is 0 Å². The van der Waals surface area contributed by atoms with Gasteiger partial charge in [0, 0.05) is 25.9 Å². The fourth-order valence-corrected chi connectivity index (χ4v) is 2.85. The fraction of sp³-hybridized carbons (Fsp3) is 0.316. The van der Waals surface area contributed by atoms with E-state index in [-0.39, 0.29) is 11.3 Å². The molecule has 1 aliphatic rings. The number of nitrogens with one attached hydrogen (secondary N) is 1. The molecular weight excluding hydrogens is 321 g/mol. The number of rotatable bonds is 5. The Morgan fingerprint density at radius 2 is 2.04 bits per heavy atom. The molecule has 0 aliphatic carbocycles. The van der Waals surface area contributed by atoms with Gasteiger partial charge in [-0.25, -0.2) is 4.39 Å². The van der Waals surface area contributed by atoms with Crippen LogP contribution in [0.25, 0.3) is 6.08 Å². The summed E-state index contributed by atoms with van der Waals surface area (Å²) in [6, 6.07) is 6.52. The Hall–Kier alpha value is -2.01. The van der Waals surface area contributed by atoms with Crippen molar-refractivity contribution in [3.63, 3.8) is 0 Å². The molecule has 128 valence electrons. The minimum atomic E-state index is -0.228. The van der Waals surface area contributed by atoms with Crippen LogP contribution in [0.5, 0.6) is 0 Å². The third-order valence-electron chi connectivity index (χ3n) is 3.45. The number of thioether (sulfide) groups is 1. The van der Waals surface area contributed by atoms with Crippen molar-refractivity contribution in [1.29, 1.82) is 0 Å². The van der Waals surface area contributed by atoms with Gasteiger partial charge in [-0.3, -0.25) is 4.99 Å². The fourth-order valence-electron chi connectivity index (χ4n) is 2.40. The molecule has 0 bridgehead atoms. The predicted molar refractivity (Wildman–Crippen MR) is 103 cm³/mol. The zero-order valence-electron chi connectivity index (χ0n) is 14.6. The Bertz CT molecular complexity index is 670. The second-order valence-electron chi connectivity index (χ2n) is 5.82. The molecule has 1 aromatic carbocycles. The van der Waals surface area contributed by atoms with Crippen molar-refractivity contribution < 1.29 is 4.39 Å². The van der Waals surface area contributed by atoms with E-state index in [0.717, 1.165) is 23.4 Å². The normalized spacial score (nSPS) is 17.6. The van der Waals surface area contributed by atoms with Crippen molar-refractivity contribution >= 4 is 24.1 Å². The number of likely N-dealkylation sites (N-methyl/N-ethyl adjacent to an activating group) is 1. The number of benzene rings is 1. The van der Waals surface area contributed by atoms with E-state index in [1.807, 2.05) is 19.5 Å². The van der Waals surface area contributed by atoms with Crippen molar-refractivity contribution in [3.05, 3.63) is 64.9 Å². The van der Waals surface area contributed by atoms with Gasteiger partial charge in [0.15, 0.2) is 5.50 Å². The number of aliphatic imine (C=N–C) groups is 1. The largest absolute Gasteiger partial charge is 0.354 e.